The molecule has 0 amide bonds. The van der Waals surface area contributed by atoms with E-state index in [1.54, 1.807) is 0 Å². The van der Waals surface area contributed by atoms with Crippen LogP contribution in [0.4, 0.5) is 0 Å². The summed E-state index contributed by atoms with van der Waals surface area (Å²) in [5, 5.41) is 0. The van der Waals surface area contributed by atoms with Gasteiger partial charge in [0.25, 0.3) is 0 Å². The fourth-order valence-corrected chi connectivity index (χ4v) is 2.33. The lowest BCUT2D eigenvalue weighted by Crippen LogP contribution is -1.93. The van der Waals surface area contributed by atoms with E-state index >= 15 is 0 Å². The SMILES string of the molecule is CCc1[nH]c(C(C)C)c(C)c1C(C)C. The summed E-state index contributed by atoms with van der Waals surface area (Å²) >= 11 is 0. The van der Waals surface area contributed by atoms with Crippen molar-refractivity contribution < 1.29 is 0 Å². The lowest BCUT2D eigenvalue weighted by Gasteiger charge is -2.08. The normalized spacial score (nSPS) is 11.7. The Bertz CT molecular complexity index is 305. The molecule has 14 heavy (non-hydrogen) atoms. The largest absolute Gasteiger partial charge is 0.362 e. The summed E-state index contributed by atoms with van der Waals surface area (Å²) in [6.45, 7) is 13.5. The van der Waals surface area contributed by atoms with Crippen LogP contribution in [0.5, 0.6) is 0 Å². The van der Waals surface area contributed by atoms with Gasteiger partial charge in [0.2, 0.25) is 0 Å². The molecule has 1 heteroatoms. The van der Waals surface area contributed by atoms with Gasteiger partial charge in [-0.3, -0.25) is 0 Å². The standard InChI is InChI=1S/C13H23N/c1-7-11-12(8(2)3)10(6)13(14-11)9(4)5/h8-9,14H,7H2,1-6H3. The fourth-order valence-electron chi connectivity index (χ4n) is 2.33. The molecule has 1 aromatic heterocycles. The van der Waals surface area contributed by atoms with Crippen molar-refractivity contribution in [3.05, 3.63) is 22.5 Å². The molecule has 0 saturated carbocycles. The summed E-state index contributed by atoms with van der Waals surface area (Å²) in [5.74, 6) is 1.24. The Hall–Kier alpha value is -0.720. The maximum absolute atomic E-state index is 3.58. The molecular formula is C13H23N. The predicted octanol–water partition coefficient (Wildman–Crippen LogP) is 4.13. The molecule has 0 spiro atoms. The molecule has 0 atom stereocenters. The highest BCUT2D eigenvalue weighted by Gasteiger charge is 2.16. The maximum Gasteiger partial charge on any atom is 0.0207 e. The molecule has 0 fully saturated rings. The first-order valence-electron chi connectivity index (χ1n) is 5.70. The smallest absolute Gasteiger partial charge is 0.0207 e. The number of aryl methyl sites for hydroxylation is 1. The van der Waals surface area contributed by atoms with Crippen LogP contribution >= 0.6 is 0 Å². The van der Waals surface area contributed by atoms with Gasteiger partial charge < -0.3 is 4.98 Å². The third-order valence-corrected chi connectivity index (χ3v) is 2.93. The number of nitrogens with one attached hydrogen (secondary N) is 1. The lowest BCUT2D eigenvalue weighted by atomic mass is 9.95. The minimum Gasteiger partial charge on any atom is -0.362 e. The summed E-state index contributed by atoms with van der Waals surface area (Å²) in [6, 6.07) is 0. The molecule has 1 aromatic rings. The van der Waals surface area contributed by atoms with Crippen LogP contribution in [-0.4, -0.2) is 4.98 Å². The minimum absolute atomic E-state index is 0.604. The molecule has 0 bridgehead atoms. The number of aromatic amines is 1. The molecule has 1 nitrogen and oxygen atoms in total. The zero-order chi connectivity index (χ0) is 10.9. The quantitative estimate of drug-likeness (QED) is 0.743. The zero-order valence-corrected chi connectivity index (χ0v) is 10.4. The van der Waals surface area contributed by atoms with Gasteiger partial charge in [0.1, 0.15) is 0 Å². The average molecular weight is 193 g/mol. The van der Waals surface area contributed by atoms with Crippen molar-refractivity contribution in [2.75, 3.05) is 0 Å². The Morgan fingerprint density at radius 1 is 1.07 bits per heavy atom. The first-order valence-corrected chi connectivity index (χ1v) is 5.70. The topological polar surface area (TPSA) is 15.8 Å². The minimum atomic E-state index is 0.604. The Morgan fingerprint density at radius 2 is 1.64 bits per heavy atom. The van der Waals surface area contributed by atoms with Crippen LogP contribution < -0.4 is 0 Å². The lowest BCUT2D eigenvalue weighted by molar-refractivity contribution is 0.815. The van der Waals surface area contributed by atoms with Gasteiger partial charge >= 0.3 is 0 Å². The molecular weight excluding hydrogens is 170 g/mol. The molecule has 0 aliphatic carbocycles. The monoisotopic (exact) mass is 193 g/mol. The molecule has 0 aliphatic heterocycles. The van der Waals surface area contributed by atoms with E-state index in [0.717, 1.165) is 6.42 Å². The number of hydrogen-bond acceptors (Lipinski definition) is 0. The van der Waals surface area contributed by atoms with Crippen molar-refractivity contribution in [3.63, 3.8) is 0 Å². The Morgan fingerprint density at radius 3 is 1.93 bits per heavy atom. The summed E-state index contributed by atoms with van der Waals surface area (Å²) in [5.41, 5.74) is 5.87. The summed E-state index contributed by atoms with van der Waals surface area (Å²) in [4.78, 5) is 3.58. The van der Waals surface area contributed by atoms with Gasteiger partial charge in [0.05, 0.1) is 0 Å². The van der Waals surface area contributed by atoms with Gasteiger partial charge in [0, 0.05) is 11.4 Å². The van der Waals surface area contributed by atoms with E-state index in [-0.39, 0.29) is 0 Å². The van der Waals surface area contributed by atoms with E-state index in [0.29, 0.717) is 11.8 Å². The van der Waals surface area contributed by atoms with Gasteiger partial charge in [-0.2, -0.15) is 0 Å². The third-order valence-electron chi connectivity index (χ3n) is 2.93. The number of aromatic nitrogens is 1. The van der Waals surface area contributed by atoms with Gasteiger partial charge in [-0.15, -0.1) is 0 Å². The number of H-pyrrole nitrogens is 1. The van der Waals surface area contributed by atoms with Gasteiger partial charge in [-0.05, 0) is 36.3 Å². The second kappa shape index (κ2) is 4.20. The summed E-state index contributed by atoms with van der Waals surface area (Å²) in [7, 11) is 0. The molecule has 1 N–H and O–H groups in total. The molecule has 80 valence electrons. The van der Waals surface area contributed by atoms with Crippen molar-refractivity contribution in [1.29, 1.82) is 0 Å². The summed E-state index contributed by atoms with van der Waals surface area (Å²) in [6.07, 6.45) is 1.11. The highest BCUT2D eigenvalue weighted by molar-refractivity contribution is 5.39. The molecule has 0 aromatic carbocycles. The number of hydrogen-bond donors (Lipinski definition) is 1. The van der Waals surface area contributed by atoms with Crippen molar-refractivity contribution in [1.82, 2.24) is 4.98 Å². The van der Waals surface area contributed by atoms with Crippen LogP contribution in [0.15, 0.2) is 0 Å². The average Bonchev–Trinajstić information content (AvgIpc) is 2.42. The predicted molar refractivity (Wildman–Crippen MR) is 63.1 cm³/mol. The Kier molecular flexibility index (Phi) is 3.41. The third kappa shape index (κ3) is 1.87. The van der Waals surface area contributed by atoms with Crippen LogP contribution in [0.3, 0.4) is 0 Å². The molecule has 1 rings (SSSR count). The van der Waals surface area contributed by atoms with Crippen molar-refractivity contribution in [2.45, 2.75) is 59.8 Å². The number of rotatable bonds is 3. The molecule has 0 saturated heterocycles. The summed E-state index contributed by atoms with van der Waals surface area (Å²) < 4.78 is 0. The maximum atomic E-state index is 3.58. The van der Waals surface area contributed by atoms with E-state index < -0.39 is 0 Å². The molecule has 1 heterocycles. The van der Waals surface area contributed by atoms with Crippen LogP contribution in [-0.2, 0) is 6.42 Å². The van der Waals surface area contributed by atoms with E-state index in [9.17, 15) is 0 Å². The Labute approximate surface area is 87.9 Å². The zero-order valence-electron chi connectivity index (χ0n) is 10.4. The Balaban J connectivity index is 3.25. The first kappa shape index (κ1) is 11.4. The second-order valence-electron chi connectivity index (χ2n) is 4.72. The van der Waals surface area contributed by atoms with Crippen molar-refractivity contribution >= 4 is 0 Å². The van der Waals surface area contributed by atoms with Crippen LogP contribution in [0.25, 0.3) is 0 Å². The van der Waals surface area contributed by atoms with Crippen LogP contribution in [0.1, 0.15) is 69.0 Å². The first-order chi connectivity index (χ1) is 6.49. The molecule has 0 aliphatic rings. The van der Waals surface area contributed by atoms with E-state index in [4.69, 9.17) is 0 Å². The fraction of sp³-hybridized carbons (Fsp3) is 0.692. The van der Waals surface area contributed by atoms with Crippen molar-refractivity contribution in [3.8, 4) is 0 Å². The van der Waals surface area contributed by atoms with E-state index in [1.165, 1.54) is 22.5 Å². The molecule has 0 unspecified atom stereocenters. The van der Waals surface area contributed by atoms with Gasteiger partial charge in [-0.1, -0.05) is 34.6 Å². The van der Waals surface area contributed by atoms with E-state index in [1.807, 2.05) is 0 Å². The second-order valence-corrected chi connectivity index (χ2v) is 4.72. The van der Waals surface area contributed by atoms with Crippen LogP contribution in [0.2, 0.25) is 0 Å². The van der Waals surface area contributed by atoms with E-state index in [2.05, 4.69) is 46.5 Å². The van der Waals surface area contributed by atoms with Crippen molar-refractivity contribution in [2.24, 2.45) is 0 Å². The van der Waals surface area contributed by atoms with Gasteiger partial charge in [0.15, 0.2) is 0 Å². The van der Waals surface area contributed by atoms with Gasteiger partial charge in [-0.25, -0.2) is 0 Å². The highest BCUT2D eigenvalue weighted by Crippen LogP contribution is 2.30. The molecule has 0 radical (unpaired) electrons. The van der Waals surface area contributed by atoms with Crippen LogP contribution in [0, 0.1) is 6.92 Å². The highest BCUT2D eigenvalue weighted by atomic mass is 14.7.